The average Bonchev–Trinajstić information content (AvgIpc) is 3.01. The van der Waals surface area contributed by atoms with Crippen molar-refractivity contribution in [2.45, 2.75) is 26.9 Å². The van der Waals surface area contributed by atoms with Crippen LogP contribution in [0.25, 0.3) is 11.3 Å². The van der Waals surface area contributed by atoms with Crippen molar-refractivity contribution in [3.8, 4) is 34.3 Å². The lowest BCUT2D eigenvalue weighted by Gasteiger charge is -2.21. The van der Waals surface area contributed by atoms with E-state index in [1.807, 2.05) is 38.1 Å². The van der Waals surface area contributed by atoms with Gasteiger partial charge in [-0.15, -0.1) is 0 Å². The molecule has 0 spiro atoms. The van der Waals surface area contributed by atoms with Gasteiger partial charge in [-0.3, -0.25) is 9.88 Å². The third-order valence-electron chi connectivity index (χ3n) is 5.63. The van der Waals surface area contributed by atoms with Crippen LogP contribution >= 0.6 is 0 Å². The van der Waals surface area contributed by atoms with Gasteiger partial charge in [0.25, 0.3) is 0 Å². The van der Waals surface area contributed by atoms with Crippen LogP contribution in [-0.4, -0.2) is 49.3 Å². The number of hydrogen-bond acceptors (Lipinski definition) is 7. The summed E-state index contributed by atoms with van der Waals surface area (Å²) in [5.41, 5.74) is 5.71. The molecule has 1 aliphatic rings. The van der Waals surface area contributed by atoms with Crippen LogP contribution in [0.1, 0.15) is 22.5 Å². The van der Waals surface area contributed by atoms with Crippen molar-refractivity contribution in [3.63, 3.8) is 0 Å². The lowest BCUT2D eigenvalue weighted by atomic mass is 10.0. The van der Waals surface area contributed by atoms with Crippen molar-refractivity contribution in [3.05, 3.63) is 59.0 Å². The number of benzene rings is 2. The van der Waals surface area contributed by atoms with E-state index in [2.05, 4.69) is 16.0 Å². The summed E-state index contributed by atoms with van der Waals surface area (Å²) in [6.45, 7) is 6.67. The normalized spacial score (nSPS) is 13.7. The first kappa shape index (κ1) is 21.9. The number of fused-ring (bicyclic) bond motifs is 1. The Hall–Kier alpha value is -3.32. The van der Waals surface area contributed by atoms with Crippen LogP contribution < -0.4 is 18.9 Å². The molecule has 0 aliphatic carbocycles. The molecule has 0 atom stereocenters. The minimum Gasteiger partial charge on any atom is -0.497 e. The molecule has 2 heterocycles. The summed E-state index contributed by atoms with van der Waals surface area (Å²) in [5, 5.41) is 0. The molecule has 0 N–H and O–H groups in total. The minimum absolute atomic E-state index is 0.568. The lowest BCUT2D eigenvalue weighted by molar-refractivity contribution is 0.214. The molecule has 1 aliphatic heterocycles. The van der Waals surface area contributed by atoms with Crippen molar-refractivity contribution in [2.24, 2.45) is 0 Å². The fourth-order valence-corrected chi connectivity index (χ4v) is 4.02. The smallest absolute Gasteiger partial charge is 0.165 e. The molecule has 4 rings (SSSR count). The number of ether oxygens (including phenoxy) is 4. The van der Waals surface area contributed by atoms with Gasteiger partial charge in [-0.05, 0) is 44.2 Å². The van der Waals surface area contributed by atoms with Gasteiger partial charge in [0.05, 0.1) is 38.4 Å². The van der Waals surface area contributed by atoms with Crippen LogP contribution in [0.3, 0.4) is 0 Å². The van der Waals surface area contributed by atoms with Gasteiger partial charge in [-0.1, -0.05) is 0 Å². The van der Waals surface area contributed by atoms with E-state index in [1.54, 1.807) is 27.5 Å². The first-order valence-corrected chi connectivity index (χ1v) is 10.6. The molecule has 1 aromatic heterocycles. The number of nitrogens with zero attached hydrogens (tertiary/aromatic N) is 3. The van der Waals surface area contributed by atoms with Gasteiger partial charge < -0.3 is 18.9 Å². The molecule has 0 amide bonds. The maximum absolute atomic E-state index is 6.13. The summed E-state index contributed by atoms with van der Waals surface area (Å²) in [6.07, 6.45) is 1.78. The second-order valence-corrected chi connectivity index (χ2v) is 7.85. The highest BCUT2D eigenvalue weighted by atomic mass is 16.5. The molecule has 0 bridgehead atoms. The number of aryl methyl sites for hydroxylation is 2. The predicted molar refractivity (Wildman–Crippen MR) is 123 cm³/mol. The Labute approximate surface area is 188 Å². The molecule has 0 saturated carbocycles. The summed E-state index contributed by atoms with van der Waals surface area (Å²) in [5.74, 6) is 3.15. The molecular weight excluding hydrogens is 406 g/mol. The van der Waals surface area contributed by atoms with Crippen molar-refractivity contribution in [2.75, 3.05) is 34.5 Å². The fourth-order valence-electron chi connectivity index (χ4n) is 4.02. The van der Waals surface area contributed by atoms with Crippen molar-refractivity contribution < 1.29 is 18.9 Å². The monoisotopic (exact) mass is 435 g/mol. The maximum atomic E-state index is 6.13. The van der Waals surface area contributed by atoms with Gasteiger partial charge in [0, 0.05) is 42.5 Å². The van der Waals surface area contributed by atoms with E-state index in [0.717, 1.165) is 57.6 Å². The van der Waals surface area contributed by atoms with Crippen molar-refractivity contribution in [1.29, 1.82) is 0 Å². The Morgan fingerprint density at radius 3 is 2.56 bits per heavy atom. The molecule has 2 aromatic carbocycles. The van der Waals surface area contributed by atoms with Crippen LogP contribution in [0, 0.1) is 13.8 Å². The van der Waals surface area contributed by atoms with Crippen LogP contribution in [0.2, 0.25) is 0 Å². The maximum Gasteiger partial charge on any atom is 0.165 e. The van der Waals surface area contributed by atoms with Gasteiger partial charge in [0.1, 0.15) is 18.1 Å². The topological polar surface area (TPSA) is 65.9 Å². The van der Waals surface area contributed by atoms with Gasteiger partial charge in [0.2, 0.25) is 0 Å². The van der Waals surface area contributed by atoms with Gasteiger partial charge in [-0.25, -0.2) is 4.98 Å². The summed E-state index contributed by atoms with van der Waals surface area (Å²) in [6, 6.07) is 9.99. The number of rotatable bonds is 6. The van der Waals surface area contributed by atoms with E-state index in [0.29, 0.717) is 25.4 Å². The molecule has 7 nitrogen and oxygen atoms in total. The summed E-state index contributed by atoms with van der Waals surface area (Å²) < 4.78 is 22.8. The third-order valence-corrected chi connectivity index (χ3v) is 5.63. The average molecular weight is 436 g/mol. The zero-order chi connectivity index (χ0) is 22.7. The highest BCUT2D eigenvalue weighted by Crippen LogP contribution is 2.39. The number of methoxy groups -OCH3 is 3. The van der Waals surface area contributed by atoms with E-state index in [9.17, 15) is 0 Å². The van der Waals surface area contributed by atoms with Gasteiger partial charge in [0.15, 0.2) is 11.5 Å². The Balaban J connectivity index is 1.70. The van der Waals surface area contributed by atoms with E-state index < -0.39 is 0 Å². The van der Waals surface area contributed by atoms with Crippen LogP contribution in [-0.2, 0) is 13.1 Å². The zero-order valence-corrected chi connectivity index (χ0v) is 19.3. The minimum atomic E-state index is 0.568. The Kier molecular flexibility index (Phi) is 6.46. The fraction of sp³-hybridized carbons (Fsp3) is 0.360. The van der Waals surface area contributed by atoms with Crippen LogP contribution in [0.5, 0.6) is 23.0 Å². The second-order valence-electron chi connectivity index (χ2n) is 7.85. The first-order valence-electron chi connectivity index (χ1n) is 10.6. The van der Waals surface area contributed by atoms with E-state index in [1.165, 1.54) is 0 Å². The largest absolute Gasteiger partial charge is 0.497 e. The standard InChI is InChI=1S/C25H29N3O4/c1-16-13-26-17(2)24(27-16)18-10-20-15-28(8-9-32-25(20)23(12-18)31-5)14-19-11-21(29-3)6-7-22(19)30-4/h6-7,10-13H,8-9,14-15H2,1-5H3. The molecule has 7 heteroatoms. The summed E-state index contributed by atoms with van der Waals surface area (Å²) in [4.78, 5) is 11.5. The molecule has 0 fully saturated rings. The highest BCUT2D eigenvalue weighted by molar-refractivity contribution is 5.68. The third kappa shape index (κ3) is 4.48. The van der Waals surface area contributed by atoms with Gasteiger partial charge >= 0.3 is 0 Å². The Morgan fingerprint density at radius 2 is 1.81 bits per heavy atom. The number of aromatic nitrogens is 2. The molecule has 168 valence electrons. The highest BCUT2D eigenvalue weighted by Gasteiger charge is 2.22. The van der Waals surface area contributed by atoms with Crippen LogP contribution in [0.15, 0.2) is 36.5 Å². The van der Waals surface area contributed by atoms with E-state index in [4.69, 9.17) is 23.9 Å². The molecule has 0 saturated heterocycles. The van der Waals surface area contributed by atoms with E-state index >= 15 is 0 Å². The molecule has 0 radical (unpaired) electrons. The van der Waals surface area contributed by atoms with Crippen molar-refractivity contribution in [1.82, 2.24) is 14.9 Å². The second kappa shape index (κ2) is 9.44. The molecule has 0 unspecified atom stereocenters. The first-order chi connectivity index (χ1) is 15.5. The van der Waals surface area contributed by atoms with Crippen LogP contribution in [0.4, 0.5) is 0 Å². The molecular formula is C25H29N3O4. The zero-order valence-electron chi connectivity index (χ0n) is 19.3. The Bertz CT molecular complexity index is 1120. The van der Waals surface area contributed by atoms with Gasteiger partial charge in [-0.2, -0.15) is 0 Å². The Morgan fingerprint density at radius 1 is 1.00 bits per heavy atom. The quantitative estimate of drug-likeness (QED) is 0.575. The predicted octanol–water partition coefficient (Wildman–Crippen LogP) is 4.18. The molecule has 3 aromatic rings. The summed E-state index contributed by atoms with van der Waals surface area (Å²) in [7, 11) is 5.03. The lowest BCUT2D eigenvalue weighted by Crippen LogP contribution is -2.25. The number of hydrogen-bond donors (Lipinski definition) is 0. The molecule has 32 heavy (non-hydrogen) atoms. The van der Waals surface area contributed by atoms with Crippen molar-refractivity contribution >= 4 is 0 Å². The SMILES string of the molecule is COc1ccc(OC)c(CN2CCOc3c(cc(-c4nc(C)cnc4C)cc3OC)C2)c1. The summed E-state index contributed by atoms with van der Waals surface area (Å²) >= 11 is 0. The van der Waals surface area contributed by atoms with E-state index in [-0.39, 0.29) is 0 Å².